The molecule has 4 rings (SSSR count). The van der Waals surface area contributed by atoms with Crippen LogP contribution in [0.1, 0.15) is 10.4 Å². The molecule has 0 fully saturated rings. The summed E-state index contributed by atoms with van der Waals surface area (Å²) in [5.41, 5.74) is 3.86. The minimum Gasteiger partial charge on any atom is -0.497 e. The van der Waals surface area contributed by atoms with Gasteiger partial charge in [0.25, 0.3) is 5.91 Å². The number of aromatic amines is 1. The van der Waals surface area contributed by atoms with Gasteiger partial charge in [-0.3, -0.25) is 9.78 Å². The summed E-state index contributed by atoms with van der Waals surface area (Å²) in [6.07, 6.45) is 6.70. The second-order valence-corrected chi connectivity index (χ2v) is 5.75. The van der Waals surface area contributed by atoms with Crippen LogP contribution in [0.5, 0.6) is 5.75 Å². The van der Waals surface area contributed by atoms with Crippen molar-refractivity contribution < 1.29 is 9.53 Å². The van der Waals surface area contributed by atoms with Gasteiger partial charge in [-0.1, -0.05) is 12.1 Å². The average molecular weight is 344 g/mol. The number of pyridine rings is 2. The van der Waals surface area contributed by atoms with Crippen molar-refractivity contribution in [1.29, 1.82) is 0 Å². The van der Waals surface area contributed by atoms with E-state index in [0.717, 1.165) is 22.3 Å². The van der Waals surface area contributed by atoms with E-state index in [0.29, 0.717) is 16.9 Å². The molecule has 6 heteroatoms. The summed E-state index contributed by atoms with van der Waals surface area (Å²) in [6.45, 7) is 0. The Morgan fingerprint density at radius 3 is 2.69 bits per heavy atom. The van der Waals surface area contributed by atoms with E-state index in [2.05, 4.69) is 20.3 Å². The molecular weight excluding hydrogens is 328 g/mol. The molecule has 0 saturated carbocycles. The number of aromatic nitrogens is 3. The van der Waals surface area contributed by atoms with Gasteiger partial charge in [-0.15, -0.1) is 0 Å². The highest BCUT2D eigenvalue weighted by Crippen LogP contribution is 2.28. The Kier molecular flexibility index (Phi) is 4.07. The minimum absolute atomic E-state index is 0.214. The van der Waals surface area contributed by atoms with Crippen molar-refractivity contribution in [2.75, 3.05) is 12.4 Å². The highest BCUT2D eigenvalue weighted by molar-refractivity contribution is 6.08. The van der Waals surface area contributed by atoms with E-state index in [1.54, 1.807) is 37.8 Å². The van der Waals surface area contributed by atoms with Gasteiger partial charge in [-0.05, 0) is 35.9 Å². The molecule has 0 bridgehead atoms. The Morgan fingerprint density at radius 2 is 1.96 bits per heavy atom. The van der Waals surface area contributed by atoms with Gasteiger partial charge in [-0.25, -0.2) is 4.98 Å². The number of nitrogens with one attached hydrogen (secondary N) is 2. The SMILES string of the molecule is COc1ccc(-c2cnc3[nH]cc(NC(=O)c4cccnc4)c3c2)cc1. The smallest absolute Gasteiger partial charge is 0.257 e. The predicted octanol–water partition coefficient (Wildman–Crippen LogP) is 3.89. The molecule has 2 N–H and O–H groups in total. The lowest BCUT2D eigenvalue weighted by Crippen LogP contribution is -2.11. The first-order valence-electron chi connectivity index (χ1n) is 8.07. The van der Waals surface area contributed by atoms with E-state index in [1.807, 2.05) is 30.3 Å². The fourth-order valence-corrected chi connectivity index (χ4v) is 2.74. The molecule has 0 saturated heterocycles. The van der Waals surface area contributed by atoms with Crippen LogP contribution in [-0.4, -0.2) is 28.0 Å². The number of hydrogen-bond acceptors (Lipinski definition) is 4. The molecule has 6 nitrogen and oxygen atoms in total. The minimum atomic E-state index is -0.214. The highest BCUT2D eigenvalue weighted by atomic mass is 16.5. The molecule has 0 unspecified atom stereocenters. The molecule has 3 heterocycles. The topological polar surface area (TPSA) is 79.9 Å². The van der Waals surface area contributed by atoms with Crippen molar-refractivity contribution in [2.24, 2.45) is 0 Å². The van der Waals surface area contributed by atoms with Crippen LogP contribution in [0.15, 0.2) is 67.3 Å². The van der Waals surface area contributed by atoms with Crippen LogP contribution in [-0.2, 0) is 0 Å². The molecule has 128 valence electrons. The molecule has 3 aromatic heterocycles. The van der Waals surface area contributed by atoms with Crippen LogP contribution in [0.2, 0.25) is 0 Å². The van der Waals surface area contributed by atoms with E-state index in [-0.39, 0.29) is 5.91 Å². The lowest BCUT2D eigenvalue weighted by Gasteiger charge is -2.06. The number of H-pyrrole nitrogens is 1. The van der Waals surface area contributed by atoms with Gasteiger partial charge in [0.05, 0.1) is 18.4 Å². The van der Waals surface area contributed by atoms with Crippen LogP contribution in [0.4, 0.5) is 5.69 Å². The van der Waals surface area contributed by atoms with Crippen molar-refractivity contribution >= 4 is 22.6 Å². The standard InChI is InChI=1S/C20H16N4O2/c1-26-16-6-4-13(5-7-16)15-9-17-18(12-23-19(17)22-11-15)24-20(25)14-3-2-8-21-10-14/h2-12H,1H3,(H,22,23)(H,24,25). The van der Waals surface area contributed by atoms with Gasteiger partial charge in [0, 0.05) is 35.7 Å². The fraction of sp³-hybridized carbons (Fsp3) is 0.0500. The van der Waals surface area contributed by atoms with Gasteiger partial charge in [0.15, 0.2) is 0 Å². The van der Waals surface area contributed by atoms with Crippen LogP contribution >= 0.6 is 0 Å². The zero-order valence-electron chi connectivity index (χ0n) is 14.1. The Bertz CT molecular complexity index is 1060. The van der Waals surface area contributed by atoms with Crippen LogP contribution < -0.4 is 10.1 Å². The number of hydrogen-bond donors (Lipinski definition) is 2. The molecule has 0 atom stereocenters. The fourth-order valence-electron chi connectivity index (χ4n) is 2.74. The second kappa shape index (κ2) is 6.68. The summed E-state index contributed by atoms with van der Waals surface area (Å²) in [4.78, 5) is 23.9. The van der Waals surface area contributed by atoms with Gasteiger partial charge in [0.2, 0.25) is 0 Å². The quantitative estimate of drug-likeness (QED) is 0.589. The first kappa shape index (κ1) is 15.8. The van der Waals surface area contributed by atoms with Crippen molar-refractivity contribution in [3.8, 4) is 16.9 Å². The summed E-state index contributed by atoms with van der Waals surface area (Å²) in [5, 5.41) is 3.75. The number of amides is 1. The highest BCUT2D eigenvalue weighted by Gasteiger charge is 2.11. The molecule has 0 aliphatic rings. The monoisotopic (exact) mass is 344 g/mol. The summed E-state index contributed by atoms with van der Waals surface area (Å²) >= 11 is 0. The number of nitrogens with zero attached hydrogens (tertiary/aromatic N) is 2. The van der Waals surface area contributed by atoms with E-state index in [4.69, 9.17) is 4.74 Å². The number of fused-ring (bicyclic) bond motifs is 1. The number of methoxy groups -OCH3 is 1. The van der Waals surface area contributed by atoms with Gasteiger partial charge < -0.3 is 15.0 Å². The zero-order chi connectivity index (χ0) is 17.9. The van der Waals surface area contributed by atoms with E-state index < -0.39 is 0 Å². The molecule has 0 radical (unpaired) electrons. The number of benzene rings is 1. The third-order valence-corrected chi connectivity index (χ3v) is 4.13. The lowest BCUT2D eigenvalue weighted by atomic mass is 10.1. The summed E-state index contributed by atoms with van der Waals surface area (Å²) < 4.78 is 5.19. The van der Waals surface area contributed by atoms with Crippen molar-refractivity contribution in [1.82, 2.24) is 15.0 Å². The first-order chi connectivity index (χ1) is 12.7. The molecular formula is C20H16N4O2. The molecule has 0 aliphatic carbocycles. The van der Waals surface area contributed by atoms with Crippen LogP contribution in [0, 0.1) is 0 Å². The molecule has 26 heavy (non-hydrogen) atoms. The Morgan fingerprint density at radius 1 is 1.12 bits per heavy atom. The van der Waals surface area contributed by atoms with Crippen LogP contribution in [0.25, 0.3) is 22.2 Å². The first-order valence-corrected chi connectivity index (χ1v) is 8.07. The van der Waals surface area contributed by atoms with Crippen molar-refractivity contribution in [3.63, 3.8) is 0 Å². The van der Waals surface area contributed by atoms with Crippen molar-refractivity contribution in [2.45, 2.75) is 0 Å². The Balaban J connectivity index is 1.67. The van der Waals surface area contributed by atoms with Gasteiger partial charge in [0.1, 0.15) is 11.4 Å². The van der Waals surface area contributed by atoms with Gasteiger partial charge >= 0.3 is 0 Å². The third-order valence-electron chi connectivity index (χ3n) is 4.13. The second-order valence-electron chi connectivity index (χ2n) is 5.75. The summed E-state index contributed by atoms with van der Waals surface area (Å²) in [5.74, 6) is 0.586. The van der Waals surface area contributed by atoms with Gasteiger partial charge in [-0.2, -0.15) is 0 Å². The number of rotatable bonds is 4. The summed E-state index contributed by atoms with van der Waals surface area (Å²) in [6, 6.07) is 13.2. The maximum atomic E-state index is 12.4. The number of carbonyl (C=O) groups excluding carboxylic acids is 1. The average Bonchev–Trinajstić information content (AvgIpc) is 3.10. The molecule has 1 aromatic carbocycles. The maximum absolute atomic E-state index is 12.4. The van der Waals surface area contributed by atoms with E-state index >= 15 is 0 Å². The zero-order valence-corrected chi connectivity index (χ0v) is 14.1. The third kappa shape index (κ3) is 3.00. The van der Waals surface area contributed by atoms with E-state index in [1.165, 1.54) is 6.20 Å². The van der Waals surface area contributed by atoms with Crippen molar-refractivity contribution in [3.05, 3.63) is 72.8 Å². The number of carbonyl (C=O) groups is 1. The summed E-state index contributed by atoms with van der Waals surface area (Å²) in [7, 11) is 1.64. The normalized spacial score (nSPS) is 10.7. The van der Waals surface area contributed by atoms with Crippen LogP contribution in [0.3, 0.4) is 0 Å². The molecule has 0 aliphatic heterocycles. The van der Waals surface area contributed by atoms with E-state index in [9.17, 15) is 4.79 Å². The Labute approximate surface area is 149 Å². The molecule has 0 spiro atoms. The molecule has 4 aromatic rings. The Hall–Kier alpha value is -3.67. The lowest BCUT2D eigenvalue weighted by molar-refractivity contribution is 0.102. The number of ether oxygens (including phenoxy) is 1. The largest absolute Gasteiger partial charge is 0.497 e. The maximum Gasteiger partial charge on any atom is 0.257 e. The predicted molar refractivity (Wildman–Crippen MR) is 100 cm³/mol. The number of anilines is 1. The molecule has 1 amide bonds.